The molecule has 32 heavy (non-hydrogen) atoms. The third-order valence-corrected chi connectivity index (χ3v) is 5.46. The van der Waals surface area contributed by atoms with Gasteiger partial charge in [0.2, 0.25) is 5.92 Å². The van der Waals surface area contributed by atoms with Crippen LogP contribution in [0, 0.1) is 13.5 Å². The van der Waals surface area contributed by atoms with Gasteiger partial charge in [-0.05, 0) is 25.5 Å². The maximum Gasteiger partial charge on any atom is 0.290 e. The van der Waals surface area contributed by atoms with Crippen LogP contribution in [0.4, 0.5) is 14.5 Å². The van der Waals surface area contributed by atoms with Crippen molar-refractivity contribution in [2.75, 3.05) is 0 Å². The Morgan fingerprint density at radius 1 is 1.38 bits per heavy atom. The largest absolute Gasteiger partial charge is 0.483 e. The number of rotatable bonds is 3. The molecule has 164 valence electrons. The van der Waals surface area contributed by atoms with Gasteiger partial charge in [0.15, 0.2) is 5.69 Å². The van der Waals surface area contributed by atoms with Crippen LogP contribution in [0.1, 0.15) is 42.6 Å². The molecule has 10 heteroatoms. The number of aryl methyl sites for hydroxylation is 1. The second kappa shape index (κ2) is 8.34. The summed E-state index contributed by atoms with van der Waals surface area (Å²) in [5.41, 5.74) is 3.26. The van der Waals surface area contributed by atoms with Gasteiger partial charge in [0.25, 0.3) is 6.47 Å². The van der Waals surface area contributed by atoms with E-state index in [0.29, 0.717) is 46.8 Å². The Morgan fingerprint density at radius 3 is 2.78 bits per heavy atom. The Morgan fingerprint density at radius 2 is 2.16 bits per heavy atom. The number of pyridine rings is 1. The number of alkyl halides is 2. The van der Waals surface area contributed by atoms with E-state index >= 15 is 0 Å². The molecule has 1 atom stereocenters. The third-order valence-electron chi connectivity index (χ3n) is 5.46. The van der Waals surface area contributed by atoms with Crippen LogP contribution >= 0.6 is 0 Å². The Kier molecular flexibility index (Phi) is 5.57. The normalized spacial score (nSPS) is 17.1. The van der Waals surface area contributed by atoms with Crippen molar-refractivity contribution in [3.63, 3.8) is 0 Å². The van der Waals surface area contributed by atoms with E-state index in [4.69, 9.17) is 26.0 Å². The number of imidazole rings is 1. The number of fused-ring (bicyclic) bond motifs is 3. The van der Waals surface area contributed by atoms with E-state index in [1.165, 1.54) is 0 Å². The van der Waals surface area contributed by atoms with Gasteiger partial charge < -0.3 is 14.2 Å². The van der Waals surface area contributed by atoms with Gasteiger partial charge in [0, 0.05) is 30.3 Å². The van der Waals surface area contributed by atoms with Crippen LogP contribution in [0.15, 0.2) is 35.0 Å². The summed E-state index contributed by atoms with van der Waals surface area (Å²) in [6, 6.07) is 6.69. The standard InChI is InChI=1S/C21H17F2N5O.CH2O2/c1-12-7-14(27-29-12)9-19-26-18-11-25-17-4-3-13(24-2)8-16(17)20(18)28(19)15-5-6-21(22,23)10-15;2-1-3/h3-4,7-8,11,15H,5-6,9-10H2,1H3;1H,(H,2,3). The summed E-state index contributed by atoms with van der Waals surface area (Å²) in [6.45, 7) is 8.88. The number of carboxylic acid groups (broad SMARTS) is 1. The fraction of sp³-hybridized carbons (Fsp3) is 0.318. The molecular weight excluding hydrogens is 420 g/mol. The lowest BCUT2D eigenvalue weighted by Gasteiger charge is -2.17. The zero-order valence-corrected chi connectivity index (χ0v) is 17.1. The van der Waals surface area contributed by atoms with Crippen LogP contribution in [0.2, 0.25) is 0 Å². The van der Waals surface area contributed by atoms with E-state index in [1.807, 2.05) is 10.6 Å². The van der Waals surface area contributed by atoms with Crippen molar-refractivity contribution >= 4 is 34.1 Å². The molecule has 0 amide bonds. The lowest BCUT2D eigenvalue weighted by atomic mass is 10.1. The Balaban J connectivity index is 0.000000775. The number of hydrogen-bond acceptors (Lipinski definition) is 5. The highest BCUT2D eigenvalue weighted by Crippen LogP contribution is 2.44. The van der Waals surface area contributed by atoms with E-state index in [1.54, 1.807) is 31.3 Å². The van der Waals surface area contributed by atoms with Crippen molar-refractivity contribution in [1.29, 1.82) is 0 Å². The first kappa shape index (κ1) is 21.4. The predicted molar refractivity (Wildman–Crippen MR) is 112 cm³/mol. The van der Waals surface area contributed by atoms with Crippen LogP contribution in [-0.2, 0) is 11.2 Å². The van der Waals surface area contributed by atoms with Gasteiger partial charge in [-0.25, -0.2) is 18.6 Å². The van der Waals surface area contributed by atoms with Crippen molar-refractivity contribution in [1.82, 2.24) is 19.7 Å². The van der Waals surface area contributed by atoms with Gasteiger partial charge in [0.05, 0.1) is 35.9 Å². The van der Waals surface area contributed by atoms with Gasteiger partial charge in [0.1, 0.15) is 17.1 Å². The second-order valence-electron chi connectivity index (χ2n) is 7.67. The molecule has 8 nitrogen and oxygen atoms in total. The molecule has 3 heterocycles. The molecule has 0 spiro atoms. The summed E-state index contributed by atoms with van der Waals surface area (Å²) in [7, 11) is 0. The molecule has 1 saturated carbocycles. The van der Waals surface area contributed by atoms with E-state index in [-0.39, 0.29) is 25.4 Å². The molecule has 3 aromatic heterocycles. The highest BCUT2D eigenvalue weighted by atomic mass is 19.3. The second-order valence-corrected chi connectivity index (χ2v) is 7.67. The summed E-state index contributed by atoms with van der Waals surface area (Å²) < 4.78 is 35.2. The van der Waals surface area contributed by atoms with E-state index in [9.17, 15) is 8.78 Å². The van der Waals surface area contributed by atoms with Crippen molar-refractivity contribution in [3.8, 4) is 0 Å². The van der Waals surface area contributed by atoms with Crippen LogP contribution in [0.25, 0.3) is 26.8 Å². The lowest BCUT2D eigenvalue weighted by molar-refractivity contribution is -0.122. The van der Waals surface area contributed by atoms with Crippen LogP contribution in [-0.4, -0.2) is 37.2 Å². The van der Waals surface area contributed by atoms with Crippen molar-refractivity contribution in [2.45, 2.75) is 44.6 Å². The molecule has 0 saturated heterocycles. The van der Waals surface area contributed by atoms with Crippen LogP contribution in [0.5, 0.6) is 0 Å². The summed E-state index contributed by atoms with van der Waals surface area (Å²) in [5.74, 6) is -1.35. The van der Waals surface area contributed by atoms with Crippen molar-refractivity contribution < 1.29 is 23.2 Å². The zero-order chi connectivity index (χ0) is 22.9. The Bertz CT molecular complexity index is 1340. The minimum Gasteiger partial charge on any atom is -0.483 e. The van der Waals surface area contributed by atoms with Crippen LogP contribution < -0.4 is 0 Å². The van der Waals surface area contributed by atoms with Gasteiger partial charge in [-0.1, -0.05) is 11.2 Å². The van der Waals surface area contributed by atoms with E-state index < -0.39 is 5.92 Å². The smallest absolute Gasteiger partial charge is 0.290 e. The predicted octanol–water partition coefficient (Wildman–Crippen LogP) is 5.08. The molecular formula is C22H19F2N5O3. The first-order valence-corrected chi connectivity index (χ1v) is 9.90. The molecule has 1 aliphatic carbocycles. The number of halogens is 2. The van der Waals surface area contributed by atoms with E-state index in [0.717, 1.165) is 10.9 Å². The summed E-state index contributed by atoms with van der Waals surface area (Å²) in [4.78, 5) is 21.0. The molecule has 5 rings (SSSR count). The molecule has 0 radical (unpaired) electrons. The summed E-state index contributed by atoms with van der Waals surface area (Å²) in [6.07, 6.45) is 2.04. The molecule has 4 aromatic rings. The highest BCUT2D eigenvalue weighted by molar-refractivity contribution is 6.03. The Hall–Kier alpha value is -3.87. The first-order chi connectivity index (χ1) is 15.3. The van der Waals surface area contributed by atoms with Gasteiger partial charge in [-0.3, -0.25) is 9.78 Å². The number of carbonyl (C=O) groups is 1. The third kappa shape index (κ3) is 4.01. The molecule has 1 unspecified atom stereocenters. The lowest BCUT2D eigenvalue weighted by Crippen LogP contribution is -2.14. The average molecular weight is 439 g/mol. The van der Waals surface area contributed by atoms with Crippen molar-refractivity contribution in [3.05, 3.63) is 59.2 Å². The maximum absolute atomic E-state index is 14.1. The zero-order valence-electron chi connectivity index (χ0n) is 17.1. The van der Waals surface area contributed by atoms with Gasteiger partial charge in [-0.15, -0.1) is 0 Å². The Labute approximate surface area is 181 Å². The van der Waals surface area contributed by atoms with Crippen molar-refractivity contribution in [2.24, 2.45) is 0 Å². The molecule has 1 N–H and O–H groups in total. The van der Waals surface area contributed by atoms with E-state index in [2.05, 4.69) is 15.0 Å². The fourth-order valence-corrected chi connectivity index (χ4v) is 4.21. The molecule has 1 fully saturated rings. The minimum absolute atomic E-state index is 0.143. The minimum atomic E-state index is -2.69. The monoisotopic (exact) mass is 439 g/mol. The molecule has 1 aliphatic rings. The molecule has 1 aromatic carbocycles. The highest BCUT2D eigenvalue weighted by Gasteiger charge is 2.41. The summed E-state index contributed by atoms with van der Waals surface area (Å²) >= 11 is 0. The molecule has 0 bridgehead atoms. The van der Waals surface area contributed by atoms with Gasteiger partial charge in [-0.2, -0.15) is 0 Å². The average Bonchev–Trinajstić information content (AvgIpc) is 3.44. The topological polar surface area (TPSA) is 98.4 Å². The number of aromatic nitrogens is 4. The SMILES string of the molecule is O=CO.[C-]#[N+]c1ccc2ncc3nc(Cc4cc(C)on4)n(C4CCC(F)(F)C4)c3c2c1. The fourth-order valence-electron chi connectivity index (χ4n) is 4.21. The van der Waals surface area contributed by atoms with Crippen LogP contribution in [0.3, 0.4) is 0 Å². The quantitative estimate of drug-likeness (QED) is 0.353. The summed E-state index contributed by atoms with van der Waals surface area (Å²) in [5, 5.41) is 11.7. The number of nitrogens with zero attached hydrogens (tertiary/aromatic N) is 5. The maximum atomic E-state index is 14.1. The van der Waals surface area contributed by atoms with Gasteiger partial charge >= 0.3 is 0 Å². The molecule has 0 aliphatic heterocycles. The number of benzene rings is 1. The first-order valence-electron chi connectivity index (χ1n) is 9.90. The number of hydrogen-bond donors (Lipinski definition) is 1.